The lowest BCUT2D eigenvalue weighted by Crippen LogP contribution is -2.34. The largest absolute Gasteiger partial charge is 0.377 e. The Labute approximate surface area is 117 Å². The van der Waals surface area contributed by atoms with E-state index in [0.29, 0.717) is 12.1 Å². The first kappa shape index (κ1) is 12.8. The van der Waals surface area contributed by atoms with Gasteiger partial charge in [-0.3, -0.25) is 0 Å². The highest BCUT2D eigenvalue weighted by Crippen LogP contribution is 2.22. The lowest BCUT2D eigenvalue weighted by molar-refractivity contribution is 0.113. The number of rotatable bonds is 4. The third-order valence-electron chi connectivity index (χ3n) is 3.51. The summed E-state index contributed by atoms with van der Waals surface area (Å²) in [5.41, 5.74) is 2.25. The molecule has 0 saturated carbocycles. The van der Waals surface area contributed by atoms with Crippen molar-refractivity contribution in [3.05, 3.63) is 40.7 Å². The molecule has 100 valence electrons. The van der Waals surface area contributed by atoms with E-state index in [0.717, 1.165) is 30.3 Å². The molecule has 4 heteroatoms. The lowest BCUT2D eigenvalue weighted by atomic mass is 10.1. The maximum Gasteiger partial charge on any atom is 0.107 e. The Morgan fingerprint density at radius 2 is 2.21 bits per heavy atom. The monoisotopic (exact) mass is 274 g/mol. The summed E-state index contributed by atoms with van der Waals surface area (Å²) in [6.45, 7) is 3.82. The summed E-state index contributed by atoms with van der Waals surface area (Å²) in [7, 11) is 0. The third kappa shape index (κ3) is 3.03. The van der Waals surface area contributed by atoms with Gasteiger partial charge in [-0.1, -0.05) is 30.3 Å². The number of ether oxygens (including phenoxy) is 1. The van der Waals surface area contributed by atoms with Gasteiger partial charge in [-0.05, 0) is 13.3 Å². The molecule has 2 aromatic rings. The lowest BCUT2D eigenvalue weighted by Gasteiger charge is -2.14. The molecule has 2 heterocycles. The first-order valence-electron chi connectivity index (χ1n) is 6.68. The number of thiazole rings is 1. The van der Waals surface area contributed by atoms with Gasteiger partial charge in [0.25, 0.3) is 0 Å². The van der Waals surface area contributed by atoms with Crippen LogP contribution in [0.5, 0.6) is 0 Å². The van der Waals surface area contributed by atoms with Crippen LogP contribution >= 0.6 is 11.3 Å². The molecule has 0 bridgehead atoms. The molecule has 3 rings (SSSR count). The zero-order valence-electron chi connectivity index (χ0n) is 11.0. The van der Waals surface area contributed by atoms with Crippen LogP contribution in [0.25, 0.3) is 11.3 Å². The summed E-state index contributed by atoms with van der Waals surface area (Å²) in [4.78, 5) is 4.68. The van der Waals surface area contributed by atoms with Crippen molar-refractivity contribution in [1.82, 2.24) is 10.3 Å². The minimum atomic E-state index is 0.313. The summed E-state index contributed by atoms with van der Waals surface area (Å²) in [5, 5.41) is 6.80. The highest BCUT2D eigenvalue weighted by atomic mass is 32.1. The molecule has 1 fully saturated rings. The van der Waals surface area contributed by atoms with E-state index in [1.165, 1.54) is 5.56 Å². The molecule has 0 aliphatic carbocycles. The first-order chi connectivity index (χ1) is 9.33. The number of nitrogens with zero attached hydrogens (tertiary/aromatic N) is 1. The Morgan fingerprint density at radius 3 is 2.95 bits per heavy atom. The highest BCUT2D eigenvalue weighted by molar-refractivity contribution is 7.09. The second-order valence-corrected chi connectivity index (χ2v) is 5.79. The molecule has 1 aromatic heterocycles. The zero-order valence-corrected chi connectivity index (χ0v) is 11.8. The van der Waals surface area contributed by atoms with Crippen LogP contribution in [-0.4, -0.2) is 23.7 Å². The molecule has 3 nitrogen and oxygen atoms in total. The van der Waals surface area contributed by atoms with Gasteiger partial charge < -0.3 is 10.1 Å². The molecule has 1 aromatic carbocycles. The maximum atomic E-state index is 5.55. The van der Waals surface area contributed by atoms with E-state index in [4.69, 9.17) is 4.74 Å². The fourth-order valence-corrected chi connectivity index (χ4v) is 3.11. The van der Waals surface area contributed by atoms with Crippen LogP contribution in [0.4, 0.5) is 0 Å². The molecule has 19 heavy (non-hydrogen) atoms. The van der Waals surface area contributed by atoms with E-state index >= 15 is 0 Å². The van der Waals surface area contributed by atoms with Crippen LogP contribution in [0.15, 0.2) is 35.7 Å². The van der Waals surface area contributed by atoms with Gasteiger partial charge in [-0.15, -0.1) is 11.3 Å². The van der Waals surface area contributed by atoms with Crippen molar-refractivity contribution >= 4 is 11.3 Å². The SMILES string of the molecule is CC1OCCC1NCc1nc(-c2ccccc2)cs1. The number of aromatic nitrogens is 1. The molecule has 0 spiro atoms. The van der Waals surface area contributed by atoms with Crippen molar-refractivity contribution in [2.75, 3.05) is 6.61 Å². The van der Waals surface area contributed by atoms with Crippen molar-refractivity contribution < 1.29 is 4.74 Å². The van der Waals surface area contributed by atoms with Crippen LogP contribution in [-0.2, 0) is 11.3 Å². The summed E-state index contributed by atoms with van der Waals surface area (Å²) < 4.78 is 5.55. The number of benzene rings is 1. The van der Waals surface area contributed by atoms with Crippen molar-refractivity contribution in [2.24, 2.45) is 0 Å². The Bertz CT molecular complexity index is 526. The van der Waals surface area contributed by atoms with Crippen molar-refractivity contribution in [3.63, 3.8) is 0 Å². The number of hydrogen-bond acceptors (Lipinski definition) is 4. The normalized spacial score (nSPS) is 22.8. The van der Waals surface area contributed by atoms with Crippen LogP contribution in [0.2, 0.25) is 0 Å². The summed E-state index contributed by atoms with van der Waals surface area (Å²) in [5.74, 6) is 0. The molecule has 0 radical (unpaired) electrons. The average Bonchev–Trinajstić information content (AvgIpc) is 3.06. The van der Waals surface area contributed by atoms with E-state index in [1.807, 2.05) is 18.2 Å². The van der Waals surface area contributed by atoms with Gasteiger partial charge in [-0.2, -0.15) is 0 Å². The minimum Gasteiger partial charge on any atom is -0.377 e. The van der Waals surface area contributed by atoms with Gasteiger partial charge in [0.05, 0.1) is 11.8 Å². The Kier molecular flexibility index (Phi) is 3.92. The predicted octanol–water partition coefficient (Wildman–Crippen LogP) is 3.08. The van der Waals surface area contributed by atoms with Gasteiger partial charge in [-0.25, -0.2) is 4.98 Å². The second kappa shape index (κ2) is 5.82. The standard InChI is InChI=1S/C15H18N2OS/c1-11-13(7-8-18-11)16-9-15-17-14(10-19-15)12-5-3-2-4-6-12/h2-6,10-11,13,16H,7-9H2,1H3. The summed E-state index contributed by atoms with van der Waals surface area (Å²) in [6.07, 6.45) is 1.41. The van der Waals surface area contributed by atoms with Crippen molar-refractivity contribution in [3.8, 4) is 11.3 Å². The highest BCUT2D eigenvalue weighted by Gasteiger charge is 2.23. The Morgan fingerprint density at radius 1 is 1.37 bits per heavy atom. The second-order valence-electron chi connectivity index (χ2n) is 4.84. The minimum absolute atomic E-state index is 0.313. The fourth-order valence-electron chi connectivity index (χ4n) is 2.35. The first-order valence-corrected chi connectivity index (χ1v) is 7.56. The summed E-state index contributed by atoms with van der Waals surface area (Å²) >= 11 is 1.71. The number of nitrogens with one attached hydrogen (secondary N) is 1. The zero-order chi connectivity index (χ0) is 13.1. The smallest absolute Gasteiger partial charge is 0.107 e. The molecular formula is C15H18N2OS. The van der Waals surface area contributed by atoms with E-state index in [2.05, 4.69) is 34.7 Å². The molecule has 2 atom stereocenters. The number of hydrogen-bond donors (Lipinski definition) is 1. The van der Waals surface area contributed by atoms with Gasteiger partial charge in [0.2, 0.25) is 0 Å². The maximum absolute atomic E-state index is 5.55. The van der Waals surface area contributed by atoms with Crippen LogP contribution in [0.3, 0.4) is 0 Å². The van der Waals surface area contributed by atoms with E-state index < -0.39 is 0 Å². The van der Waals surface area contributed by atoms with Gasteiger partial charge >= 0.3 is 0 Å². The van der Waals surface area contributed by atoms with E-state index in [-0.39, 0.29) is 0 Å². The topological polar surface area (TPSA) is 34.1 Å². The van der Waals surface area contributed by atoms with Gasteiger partial charge in [0.1, 0.15) is 5.01 Å². The summed E-state index contributed by atoms with van der Waals surface area (Å²) in [6, 6.07) is 10.8. The van der Waals surface area contributed by atoms with Gasteiger partial charge in [0.15, 0.2) is 0 Å². The Hall–Kier alpha value is -1.23. The van der Waals surface area contributed by atoms with Crippen molar-refractivity contribution in [1.29, 1.82) is 0 Å². The Balaban J connectivity index is 1.62. The molecular weight excluding hydrogens is 256 g/mol. The van der Waals surface area contributed by atoms with E-state index in [1.54, 1.807) is 11.3 Å². The predicted molar refractivity (Wildman–Crippen MR) is 78.2 cm³/mol. The molecule has 1 saturated heterocycles. The molecule has 0 amide bonds. The third-order valence-corrected chi connectivity index (χ3v) is 4.36. The molecule has 1 aliphatic rings. The molecule has 1 N–H and O–H groups in total. The van der Waals surface area contributed by atoms with Crippen LogP contribution < -0.4 is 5.32 Å². The van der Waals surface area contributed by atoms with Gasteiger partial charge in [0, 0.05) is 30.1 Å². The van der Waals surface area contributed by atoms with Crippen LogP contribution in [0, 0.1) is 0 Å². The average molecular weight is 274 g/mol. The fraction of sp³-hybridized carbons (Fsp3) is 0.400. The molecule has 2 unspecified atom stereocenters. The molecule has 1 aliphatic heterocycles. The quantitative estimate of drug-likeness (QED) is 0.930. The van der Waals surface area contributed by atoms with Crippen molar-refractivity contribution in [2.45, 2.75) is 32.0 Å². The van der Waals surface area contributed by atoms with E-state index in [9.17, 15) is 0 Å². The van der Waals surface area contributed by atoms with Crippen LogP contribution in [0.1, 0.15) is 18.4 Å².